The number of methoxy groups -OCH3 is 1. The second-order valence-corrected chi connectivity index (χ2v) is 10.7. The van der Waals surface area contributed by atoms with Crippen molar-refractivity contribution in [2.45, 2.75) is 24.2 Å². The molecule has 1 N–H and O–H groups in total. The molecule has 1 aliphatic rings. The number of halogens is 1. The standard InChI is InChI=1S/C26H27ClN2O4S/c1-33-25-11-10-23(18-24(25)28-26(30)21-8-5-9-22(27)17-21)34(31,32)29-14-12-20(13-15-29)16-19-6-3-2-4-7-19/h2-11,17-18,20H,12-16H2,1H3,(H,28,30). The van der Waals surface area contributed by atoms with Crippen molar-refractivity contribution in [1.29, 1.82) is 0 Å². The first kappa shape index (κ1) is 24.3. The number of hydrogen-bond donors (Lipinski definition) is 1. The summed E-state index contributed by atoms with van der Waals surface area (Å²) in [6, 6.07) is 21.3. The minimum atomic E-state index is -3.71. The van der Waals surface area contributed by atoms with Crippen LogP contribution in [-0.4, -0.2) is 38.8 Å². The van der Waals surface area contributed by atoms with Gasteiger partial charge in [0.05, 0.1) is 17.7 Å². The van der Waals surface area contributed by atoms with Gasteiger partial charge in [-0.25, -0.2) is 8.42 Å². The highest BCUT2D eigenvalue weighted by molar-refractivity contribution is 7.89. The maximum absolute atomic E-state index is 13.4. The lowest BCUT2D eigenvalue weighted by atomic mass is 9.91. The average Bonchev–Trinajstić information content (AvgIpc) is 2.85. The topological polar surface area (TPSA) is 75.7 Å². The molecule has 1 saturated heterocycles. The zero-order valence-corrected chi connectivity index (χ0v) is 20.5. The van der Waals surface area contributed by atoms with E-state index in [4.69, 9.17) is 16.3 Å². The van der Waals surface area contributed by atoms with Crippen LogP contribution >= 0.6 is 11.6 Å². The third kappa shape index (κ3) is 5.60. The van der Waals surface area contributed by atoms with Crippen LogP contribution in [0.1, 0.15) is 28.8 Å². The molecule has 0 radical (unpaired) electrons. The summed E-state index contributed by atoms with van der Waals surface area (Å²) in [5.74, 6) is 0.422. The Morgan fingerprint density at radius 2 is 1.76 bits per heavy atom. The number of nitrogens with zero attached hydrogens (tertiary/aromatic N) is 1. The van der Waals surface area contributed by atoms with Crippen molar-refractivity contribution in [2.75, 3.05) is 25.5 Å². The fourth-order valence-electron chi connectivity index (χ4n) is 4.22. The van der Waals surface area contributed by atoms with Crippen molar-refractivity contribution in [3.63, 3.8) is 0 Å². The lowest BCUT2D eigenvalue weighted by Crippen LogP contribution is -2.38. The number of nitrogens with one attached hydrogen (secondary N) is 1. The van der Waals surface area contributed by atoms with Crippen LogP contribution in [0.2, 0.25) is 5.02 Å². The van der Waals surface area contributed by atoms with E-state index in [1.807, 2.05) is 18.2 Å². The van der Waals surface area contributed by atoms with Crippen molar-refractivity contribution >= 4 is 33.2 Å². The van der Waals surface area contributed by atoms with Gasteiger partial charge in [0.15, 0.2) is 0 Å². The molecule has 4 rings (SSSR count). The highest BCUT2D eigenvalue weighted by Gasteiger charge is 2.30. The molecular formula is C26H27ClN2O4S. The molecule has 1 fully saturated rings. The van der Waals surface area contributed by atoms with Gasteiger partial charge in [-0.15, -0.1) is 0 Å². The summed E-state index contributed by atoms with van der Waals surface area (Å²) in [6.45, 7) is 0.937. The highest BCUT2D eigenvalue weighted by atomic mass is 35.5. The molecule has 0 spiro atoms. The minimum Gasteiger partial charge on any atom is -0.495 e. The van der Waals surface area contributed by atoms with Gasteiger partial charge in [0.25, 0.3) is 5.91 Å². The van der Waals surface area contributed by atoms with Crippen LogP contribution in [-0.2, 0) is 16.4 Å². The lowest BCUT2D eigenvalue weighted by Gasteiger charge is -2.31. The van der Waals surface area contributed by atoms with E-state index < -0.39 is 15.9 Å². The SMILES string of the molecule is COc1ccc(S(=O)(=O)N2CCC(Cc3ccccc3)CC2)cc1NC(=O)c1cccc(Cl)c1. The molecule has 1 aliphatic heterocycles. The molecule has 8 heteroatoms. The van der Waals surface area contributed by atoms with Gasteiger partial charge in [0, 0.05) is 23.7 Å². The van der Waals surface area contributed by atoms with Crippen LogP contribution in [0, 0.1) is 5.92 Å². The third-order valence-corrected chi connectivity index (χ3v) is 8.21. The molecule has 0 aromatic heterocycles. The van der Waals surface area contributed by atoms with E-state index in [2.05, 4.69) is 17.4 Å². The van der Waals surface area contributed by atoms with Crippen molar-refractivity contribution in [3.8, 4) is 5.75 Å². The zero-order valence-electron chi connectivity index (χ0n) is 18.9. The summed E-state index contributed by atoms with van der Waals surface area (Å²) in [5, 5.41) is 3.19. The van der Waals surface area contributed by atoms with E-state index in [1.165, 1.54) is 29.1 Å². The lowest BCUT2D eigenvalue weighted by molar-refractivity contribution is 0.102. The first-order valence-electron chi connectivity index (χ1n) is 11.2. The Balaban J connectivity index is 1.48. The smallest absolute Gasteiger partial charge is 0.255 e. The number of piperidine rings is 1. The Bertz CT molecular complexity index is 1260. The molecule has 1 amide bonds. The summed E-state index contributed by atoms with van der Waals surface area (Å²) in [5.41, 5.74) is 1.93. The first-order valence-corrected chi connectivity index (χ1v) is 13.0. The number of rotatable bonds is 7. The predicted octanol–water partition coefficient (Wildman–Crippen LogP) is 5.24. The molecule has 0 bridgehead atoms. The monoisotopic (exact) mass is 498 g/mol. The van der Waals surface area contributed by atoms with Gasteiger partial charge in [-0.05, 0) is 67.1 Å². The van der Waals surface area contributed by atoms with Crippen LogP contribution in [0.5, 0.6) is 5.75 Å². The fraction of sp³-hybridized carbons (Fsp3) is 0.269. The van der Waals surface area contributed by atoms with E-state index in [-0.39, 0.29) is 10.6 Å². The summed E-state index contributed by atoms with van der Waals surface area (Å²) in [7, 11) is -2.24. The predicted molar refractivity (Wildman–Crippen MR) is 134 cm³/mol. The number of carbonyl (C=O) groups is 1. The Hall–Kier alpha value is -2.87. The Labute approximate surface area is 205 Å². The summed E-state index contributed by atoms with van der Waals surface area (Å²) in [6.07, 6.45) is 2.57. The van der Waals surface area contributed by atoms with Crippen molar-refractivity contribution in [3.05, 3.63) is 88.9 Å². The van der Waals surface area contributed by atoms with Gasteiger partial charge >= 0.3 is 0 Å². The van der Waals surface area contributed by atoms with Gasteiger partial charge in [-0.2, -0.15) is 4.31 Å². The molecule has 1 heterocycles. The van der Waals surface area contributed by atoms with Crippen molar-refractivity contribution < 1.29 is 17.9 Å². The molecule has 0 unspecified atom stereocenters. The molecule has 34 heavy (non-hydrogen) atoms. The Morgan fingerprint density at radius 3 is 2.44 bits per heavy atom. The van der Waals surface area contributed by atoms with Gasteiger partial charge in [0.2, 0.25) is 10.0 Å². The first-order chi connectivity index (χ1) is 16.4. The zero-order chi connectivity index (χ0) is 24.1. The van der Waals surface area contributed by atoms with Gasteiger partial charge in [0.1, 0.15) is 5.75 Å². The third-order valence-electron chi connectivity index (χ3n) is 6.08. The number of ether oxygens (including phenoxy) is 1. The second-order valence-electron chi connectivity index (χ2n) is 8.36. The van der Waals surface area contributed by atoms with E-state index in [0.29, 0.717) is 35.3 Å². The second kappa shape index (κ2) is 10.6. The van der Waals surface area contributed by atoms with Crippen LogP contribution in [0.25, 0.3) is 0 Å². The minimum absolute atomic E-state index is 0.121. The molecule has 178 valence electrons. The van der Waals surface area contributed by atoms with E-state index in [0.717, 1.165) is 19.3 Å². The van der Waals surface area contributed by atoms with Crippen LogP contribution < -0.4 is 10.1 Å². The maximum Gasteiger partial charge on any atom is 0.255 e. The van der Waals surface area contributed by atoms with E-state index in [9.17, 15) is 13.2 Å². The number of benzene rings is 3. The maximum atomic E-state index is 13.4. The van der Waals surface area contributed by atoms with E-state index >= 15 is 0 Å². The number of sulfonamides is 1. The molecular weight excluding hydrogens is 472 g/mol. The van der Waals surface area contributed by atoms with Crippen LogP contribution in [0.3, 0.4) is 0 Å². The molecule has 0 saturated carbocycles. The fourth-order valence-corrected chi connectivity index (χ4v) is 5.91. The summed E-state index contributed by atoms with van der Waals surface area (Å²) < 4.78 is 33.6. The largest absolute Gasteiger partial charge is 0.495 e. The van der Waals surface area contributed by atoms with Gasteiger partial charge in [-0.3, -0.25) is 4.79 Å². The number of amides is 1. The summed E-state index contributed by atoms with van der Waals surface area (Å²) in [4.78, 5) is 12.8. The van der Waals surface area contributed by atoms with Crippen LogP contribution in [0.4, 0.5) is 5.69 Å². The quantitative estimate of drug-likeness (QED) is 0.483. The van der Waals surface area contributed by atoms with Gasteiger partial charge in [-0.1, -0.05) is 48.0 Å². The van der Waals surface area contributed by atoms with E-state index in [1.54, 1.807) is 30.3 Å². The van der Waals surface area contributed by atoms with Crippen molar-refractivity contribution in [2.24, 2.45) is 5.92 Å². The molecule has 3 aromatic rings. The molecule has 3 aromatic carbocycles. The van der Waals surface area contributed by atoms with Crippen LogP contribution in [0.15, 0.2) is 77.7 Å². The number of hydrogen-bond acceptors (Lipinski definition) is 4. The molecule has 6 nitrogen and oxygen atoms in total. The Morgan fingerprint density at radius 1 is 1.03 bits per heavy atom. The van der Waals surface area contributed by atoms with Crippen molar-refractivity contribution in [1.82, 2.24) is 4.31 Å². The Kier molecular flexibility index (Phi) is 7.56. The molecule has 0 atom stereocenters. The number of anilines is 1. The highest BCUT2D eigenvalue weighted by Crippen LogP contribution is 2.31. The van der Waals surface area contributed by atoms with Gasteiger partial charge < -0.3 is 10.1 Å². The molecule has 0 aliphatic carbocycles. The normalized spacial score (nSPS) is 15.1. The average molecular weight is 499 g/mol. The number of carbonyl (C=O) groups excluding carboxylic acids is 1. The summed E-state index contributed by atoms with van der Waals surface area (Å²) >= 11 is 5.99.